The summed E-state index contributed by atoms with van der Waals surface area (Å²) in [6.07, 6.45) is 1.41. The van der Waals surface area contributed by atoms with Crippen molar-refractivity contribution in [3.63, 3.8) is 0 Å². The van der Waals surface area contributed by atoms with Gasteiger partial charge < -0.3 is 10.4 Å². The van der Waals surface area contributed by atoms with Gasteiger partial charge in [-0.2, -0.15) is 0 Å². The van der Waals surface area contributed by atoms with Gasteiger partial charge in [0.1, 0.15) is 0 Å². The molecule has 1 fully saturated rings. The molecule has 1 heterocycles. The van der Waals surface area contributed by atoms with Crippen LogP contribution in [0.3, 0.4) is 0 Å². The molecule has 1 atom stereocenters. The molecule has 1 aromatic rings. The number of carboxylic acid groups (broad SMARTS) is 1. The number of carbonyl (C=O) groups is 4. The van der Waals surface area contributed by atoms with Crippen LogP contribution in [0.5, 0.6) is 0 Å². The largest absolute Gasteiger partial charge is 0.478 e. The van der Waals surface area contributed by atoms with Crippen molar-refractivity contribution in [2.24, 2.45) is 5.92 Å². The Bertz CT molecular complexity index is 744. The Morgan fingerprint density at radius 2 is 2.08 bits per heavy atom. The lowest BCUT2D eigenvalue weighted by atomic mass is 10.0. The minimum absolute atomic E-state index is 0.0528. The molecule has 8 heteroatoms. The Labute approximate surface area is 144 Å². The minimum atomic E-state index is -1.26. The molecule has 1 saturated heterocycles. The van der Waals surface area contributed by atoms with E-state index in [1.807, 2.05) is 6.92 Å². The number of nitrogens with one attached hydrogen (secondary N) is 2. The first kappa shape index (κ1) is 18.2. The third kappa shape index (κ3) is 4.03. The maximum absolute atomic E-state index is 12.5. The molecule has 0 unspecified atom stereocenters. The second kappa shape index (κ2) is 7.61. The molecule has 1 aliphatic rings. The number of imide groups is 2. The molecular formula is C17H19N3O5. The van der Waals surface area contributed by atoms with E-state index < -0.39 is 29.7 Å². The molecular weight excluding hydrogens is 326 g/mol. The molecule has 0 aromatic heterocycles. The molecule has 25 heavy (non-hydrogen) atoms. The fourth-order valence-electron chi connectivity index (χ4n) is 2.44. The standard InChI is InChI=1S/C17H19N3O5/c1-3-4-8-20-15(22)13(14(21)19-17(20)25)10(2)18-12-7-5-6-11(9-12)16(23)24/h5-7,9,13,18H,2-4,8H2,1H3,(H,23,24)(H,19,21,25)/t13-/m0/s1. The average molecular weight is 345 g/mol. The Morgan fingerprint density at radius 1 is 1.36 bits per heavy atom. The number of aromatic carboxylic acids is 1. The number of rotatable bonds is 7. The average Bonchev–Trinajstić information content (AvgIpc) is 2.54. The zero-order valence-corrected chi connectivity index (χ0v) is 13.7. The number of urea groups is 1. The molecule has 0 spiro atoms. The van der Waals surface area contributed by atoms with Gasteiger partial charge in [-0.1, -0.05) is 26.0 Å². The van der Waals surface area contributed by atoms with E-state index in [1.165, 1.54) is 18.2 Å². The zero-order valence-electron chi connectivity index (χ0n) is 13.7. The van der Waals surface area contributed by atoms with Crippen molar-refractivity contribution in [2.75, 3.05) is 11.9 Å². The van der Waals surface area contributed by atoms with Crippen molar-refractivity contribution >= 4 is 29.5 Å². The molecule has 3 N–H and O–H groups in total. The second-order valence-electron chi connectivity index (χ2n) is 5.61. The SMILES string of the molecule is C=C(Nc1cccc(C(=O)O)c1)[C@H]1C(=O)NC(=O)N(CCCC)C1=O. The highest BCUT2D eigenvalue weighted by Gasteiger charge is 2.41. The first-order valence-electron chi connectivity index (χ1n) is 7.80. The van der Waals surface area contributed by atoms with E-state index >= 15 is 0 Å². The first-order chi connectivity index (χ1) is 11.8. The van der Waals surface area contributed by atoms with Gasteiger partial charge in [-0.15, -0.1) is 0 Å². The third-order valence-electron chi connectivity index (χ3n) is 3.75. The summed E-state index contributed by atoms with van der Waals surface area (Å²) >= 11 is 0. The van der Waals surface area contributed by atoms with E-state index in [4.69, 9.17) is 5.11 Å². The highest BCUT2D eigenvalue weighted by molar-refractivity contribution is 6.18. The van der Waals surface area contributed by atoms with Crippen LogP contribution in [0.4, 0.5) is 10.5 Å². The van der Waals surface area contributed by atoms with Crippen LogP contribution >= 0.6 is 0 Å². The summed E-state index contributed by atoms with van der Waals surface area (Å²) in [6, 6.07) is 5.15. The number of carbonyl (C=O) groups excluding carboxylic acids is 3. The number of benzene rings is 1. The van der Waals surface area contributed by atoms with Crippen LogP contribution in [-0.4, -0.2) is 40.4 Å². The van der Waals surface area contributed by atoms with Crippen molar-refractivity contribution in [1.29, 1.82) is 0 Å². The van der Waals surface area contributed by atoms with Gasteiger partial charge in [0.2, 0.25) is 11.8 Å². The number of nitrogens with zero attached hydrogens (tertiary/aromatic N) is 1. The summed E-state index contributed by atoms with van der Waals surface area (Å²) in [4.78, 5) is 48.4. The highest BCUT2D eigenvalue weighted by atomic mass is 16.4. The molecule has 0 bridgehead atoms. The highest BCUT2D eigenvalue weighted by Crippen LogP contribution is 2.21. The van der Waals surface area contributed by atoms with Crippen LogP contribution in [0.25, 0.3) is 0 Å². The van der Waals surface area contributed by atoms with Gasteiger partial charge in [0.15, 0.2) is 5.92 Å². The predicted molar refractivity (Wildman–Crippen MR) is 89.8 cm³/mol. The zero-order chi connectivity index (χ0) is 18.6. The van der Waals surface area contributed by atoms with Crippen molar-refractivity contribution < 1.29 is 24.3 Å². The minimum Gasteiger partial charge on any atom is -0.478 e. The lowest BCUT2D eigenvalue weighted by Gasteiger charge is -2.31. The van der Waals surface area contributed by atoms with Crippen LogP contribution in [0.1, 0.15) is 30.1 Å². The number of amides is 4. The lowest BCUT2D eigenvalue weighted by Crippen LogP contribution is -2.58. The number of hydrogen-bond donors (Lipinski definition) is 3. The summed E-state index contributed by atoms with van der Waals surface area (Å²) < 4.78 is 0. The van der Waals surface area contributed by atoms with Crippen molar-refractivity contribution in [3.8, 4) is 0 Å². The molecule has 0 aliphatic carbocycles. The van der Waals surface area contributed by atoms with Gasteiger partial charge in [-0.05, 0) is 24.6 Å². The summed E-state index contributed by atoms with van der Waals surface area (Å²) in [5, 5.41) is 13.9. The summed E-state index contributed by atoms with van der Waals surface area (Å²) in [6.45, 7) is 5.85. The van der Waals surface area contributed by atoms with Crippen molar-refractivity contribution in [3.05, 3.63) is 42.1 Å². The molecule has 2 rings (SSSR count). The second-order valence-corrected chi connectivity index (χ2v) is 5.61. The van der Waals surface area contributed by atoms with Gasteiger partial charge in [0.25, 0.3) is 0 Å². The van der Waals surface area contributed by atoms with E-state index in [9.17, 15) is 19.2 Å². The Balaban J connectivity index is 2.17. The van der Waals surface area contributed by atoms with Crippen LogP contribution in [0, 0.1) is 5.92 Å². The molecule has 132 valence electrons. The maximum Gasteiger partial charge on any atom is 0.335 e. The topological polar surface area (TPSA) is 116 Å². The number of barbiturate groups is 1. The summed E-state index contributed by atoms with van der Waals surface area (Å²) in [5.41, 5.74) is 0.499. The number of unbranched alkanes of at least 4 members (excludes halogenated alkanes) is 1. The first-order valence-corrected chi connectivity index (χ1v) is 7.80. The molecule has 4 amide bonds. The normalized spacial score (nSPS) is 17.2. The molecule has 0 saturated carbocycles. The smallest absolute Gasteiger partial charge is 0.335 e. The van der Waals surface area contributed by atoms with E-state index in [-0.39, 0.29) is 17.8 Å². The Hall–Kier alpha value is -3.16. The fourth-order valence-corrected chi connectivity index (χ4v) is 2.44. The van der Waals surface area contributed by atoms with E-state index in [0.29, 0.717) is 12.1 Å². The molecule has 8 nitrogen and oxygen atoms in total. The molecule has 1 aromatic carbocycles. The van der Waals surface area contributed by atoms with Gasteiger partial charge >= 0.3 is 12.0 Å². The predicted octanol–water partition coefficient (Wildman–Crippen LogP) is 1.81. The van der Waals surface area contributed by atoms with Crippen LogP contribution in [-0.2, 0) is 9.59 Å². The Kier molecular flexibility index (Phi) is 5.53. The summed E-state index contributed by atoms with van der Waals surface area (Å²) in [7, 11) is 0. The fraction of sp³-hybridized carbons (Fsp3) is 0.294. The number of anilines is 1. The van der Waals surface area contributed by atoms with E-state index in [2.05, 4.69) is 17.2 Å². The monoisotopic (exact) mass is 345 g/mol. The van der Waals surface area contributed by atoms with E-state index in [0.717, 1.165) is 11.3 Å². The van der Waals surface area contributed by atoms with Gasteiger partial charge in [0, 0.05) is 17.9 Å². The summed E-state index contributed by atoms with van der Waals surface area (Å²) in [5.74, 6) is -3.76. The van der Waals surface area contributed by atoms with Crippen molar-refractivity contribution in [1.82, 2.24) is 10.2 Å². The van der Waals surface area contributed by atoms with Crippen LogP contribution < -0.4 is 10.6 Å². The van der Waals surface area contributed by atoms with Gasteiger partial charge in [-0.3, -0.25) is 19.8 Å². The number of hydrogen-bond acceptors (Lipinski definition) is 5. The number of carboxylic acids is 1. The maximum atomic E-state index is 12.5. The van der Waals surface area contributed by atoms with Gasteiger partial charge in [0.05, 0.1) is 5.56 Å². The quantitative estimate of drug-likeness (QED) is 0.649. The van der Waals surface area contributed by atoms with Crippen LogP contribution in [0.2, 0.25) is 0 Å². The van der Waals surface area contributed by atoms with Crippen LogP contribution in [0.15, 0.2) is 36.5 Å². The van der Waals surface area contributed by atoms with Crippen molar-refractivity contribution in [2.45, 2.75) is 19.8 Å². The Morgan fingerprint density at radius 3 is 2.72 bits per heavy atom. The molecule has 0 radical (unpaired) electrons. The third-order valence-corrected chi connectivity index (χ3v) is 3.75. The molecule has 1 aliphatic heterocycles. The van der Waals surface area contributed by atoms with Gasteiger partial charge in [-0.25, -0.2) is 9.59 Å². The lowest BCUT2D eigenvalue weighted by molar-refractivity contribution is -0.140. The van der Waals surface area contributed by atoms with E-state index in [1.54, 1.807) is 6.07 Å².